The van der Waals surface area contributed by atoms with Gasteiger partial charge in [0.2, 0.25) is 11.9 Å². The number of rotatable bonds is 11. The molecule has 0 radical (unpaired) electrons. The summed E-state index contributed by atoms with van der Waals surface area (Å²) in [6.45, 7) is 1.84. The molecule has 1 atom stereocenters. The fourth-order valence-corrected chi connectivity index (χ4v) is 3.57. The predicted molar refractivity (Wildman–Crippen MR) is 140 cm³/mol. The molecular formula is C24H29F3N8O4. The molecule has 1 aromatic heterocycles. The molecule has 3 rings (SSSR count). The Balaban J connectivity index is 1.93. The maximum absolute atomic E-state index is 13.5. The van der Waals surface area contributed by atoms with Gasteiger partial charge in [0.25, 0.3) is 5.69 Å². The molecule has 39 heavy (non-hydrogen) atoms. The number of para-hydroxylation sites is 1. The Kier molecular flexibility index (Phi) is 8.76. The van der Waals surface area contributed by atoms with Crippen molar-refractivity contribution in [3.8, 4) is 5.75 Å². The van der Waals surface area contributed by atoms with Gasteiger partial charge in [0, 0.05) is 43.5 Å². The Hall–Kier alpha value is -4.24. The van der Waals surface area contributed by atoms with Gasteiger partial charge < -0.3 is 30.3 Å². The van der Waals surface area contributed by atoms with Crippen LogP contribution in [0.5, 0.6) is 5.75 Å². The number of anilines is 5. The molecule has 1 heterocycles. The molecule has 0 bridgehead atoms. The normalized spacial score (nSPS) is 13.1. The number of benzene rings is 2. The number of nitrogens with one attached hydrogen (secondary N) is 2. The van der Waals surface area contributed by atoms with Crippen LogP contribution in [0.4, 0.5) is 47.8 Å². The Morgan fingerprint density at radius 1 is 1.05 bits per heavy atom. The predicted octanol–water partition coefficient (Wildman–Crippen LogP) is 4.04. The van der Waals surface area contributed by atoms with Crippen LogP contribution in [0.2, 0.25) is 0 Å². The van der Waals surface area contributed by atoms with Crippen LogP contribution in [0.25, 0.3) is 0 Å². The number of likely N-dealkylation sites (N-methyl/N-ethyl adjacent to an activating group) is 2. The van der Waals surface area contributed by atoms with Crippen LogP contribution in [0.1, 0.15) is 12.5 Å². The van der Waals surface area contributed by atoms with Gasteiger partial charge >= 0.3 is 6.18 Å². The first-order valence-corrected chi connectivity index (χ1v) is 11.6. The minimum atomic E-state index is -4.94. The van der Waals surface area contributed by atoms with Crippen LogP contribution in [0.3, 0.4) is 0 Å². The monoisotopic (exact) mass is 550 g/mol. The summed E-state index contributed by atoms with van der Waals surface area (Å²) in [5, 5.41) is 27.5. The van der Waals surface area contributed by atoms with Gasteiger partial charge in [-0.05, 0) is 27.1 Å². The fourth-order valence-electron chi connectivity index (χ4n) is 3.57. The highest BCUT2D eigenvalue weighted by atomic mass is 19.4. The van der Waals surface area contributed by atoms with Crippen molar-refractivity contribution in [2.24, 2.45) is 0 Å². The van der Waals surface area contributed by atoms with E-state index in [2.05, 4.69) is 25.6 Å². The third-order valence-electron chi connectivity index (χ3n) is 5.86. The smallest absolute Gasteiger partial charge is 0.421 e. The minimum Gasteiger partial charge on any atom is -0.494 e. The van der Waals surface area contributed by atoms with Gasteiger partial charge in [-0.1, -0.05) is 18.2 Å². The van der Waals surface area contributed by atoms with Crippen LogP contribution in [0.15, 0.2) is 42.7 Å². The topological polar surface area (TPSA) is 142 Å². The maximum atomic E-state index is 13.5. The van der Waals surface area contributed by atoms with E-state index < -0.39 is 22.3 Å². The molecule has 0 aliphatic rings. The van der Waals surface area contributed by atoms with Crippen molar-refractivity contribution >= 4 is 34.6 Å². The summed E-state index contributed by atoms with van der Waals surface area (Å²) >= 11 is 0. The second-order valence-corrected chi connectivity index (χ2v) is 9.02. The number of hydrogen-bond donors (Lipinski definition) is 3. The molecule has 210 valence electrons. The Bertz CT molecular complexity index is 1320. The van der Waals surface area contributed by atoms with Gasteiger partial charge in [-0.2, -0.15) is 18.2 Å². The number of nitrogens with zero attached hydrogens (tertiary/aromatic N) is 6. The number of nitro benzene ring substituents is 1. The van der Waals surface area contributed by atoms with Crippen molar-refractivity contribution in [1.82, 2.24) is 19.9 Å². The molecular weight excluding hydrogens is 521 g/mol. The lowest BCUT2D eigenvalue weighted by Gasteiger charge is -2.28. The number of halogens is 3. The summed E-state index contributed by atoms with van der Waals surface area (Å²) in [6, 6.07) is 8.13. The summed E-state index contributed by atoms with van der Waals surface area (Å²) < 4.78 is 45.8. The Morgan fingerprint density at radius 2 is 1.67 bits per heavy atom. The maximum Gasteiger partial charge on any atom is 0.421 e. The molecule has 12 nitrogen and oxygen atoms in total. The van der Waals surface area contributed by atoms with E-state index >= 15 is 0 Å². The molecule has 1 unspecified atom stereocenters. The second-order valence-electron chi connectivity index (χ2n) is 9.02. The van der Waals surface area contributed by atoms with Crippen molar-refractivity contribution in [2.45, 2.75) is 18.7 Å². The van der Waals surface area contributed by atoms with Gasteiger partial charge in [-0.25, -0.2) is 9.97 Å². The lowest BCUT2D eigenvalue weighted by Crippen LogP contribution is -2.39. The lowest BCUT2D eigenvalue weighted by molar-refractivity contribution is -0.384. The molecule has 2 aromatic carbocycles. The Morgan fingerprint density at radius 3 is 2.23 bits per heavy atom. The minimum absolute atomic E-state index is 0.0612. The van der Waals surface area contributed by atoms with E-state index in [1.165, 1.54) is 37.4 Å². The quantitative estimate of drug-likeness (QED) is 0.235. The van der Waals surface area contributed by atoms with Crippen molar-refractivity contribution in [3.05, 3.63) is 58.4 Å². The van der Waals surface area contributed by atoms with Crippen LogP contribution < -0.4 is 20.3 Å². The van der Waals surface area contributed by atoms with Gasteiger partial charge in [-0.3, -0.25) is 10.1 Å². The van der Waals surface area contributed by atoms with E-state index in [0.29, 0.717) is 25.7 Å². The van der Waals surface area contributed by atoms with Crippen molar-refractivity contribution < 1.29 is 27.9 Å². The standard InChI is InChI=1S/C24H29F3N8O4/c1-23(36,24(25,26)27)15-8-6-7-9-16(15)30-21-28-14-29-22(32-21)31-17-12-19(35(37)38)18(13-20(17)39-5)34(4)11-10-33(2)3/h6-9,12-14,36H,10-11H2,1-5H3,(H2,28,29,30,31,32). The number of methoxy groups -OCH3 is 1. The van der Waals surface area contributed by atoms with Gasteiger partial charge in [0.05, 0.1) is 17.7 Å². The summed E-state index contributed by atoms with van der Waals surface area (Å²) in [4.78, 5) is 27.1. The van der Waals surface area contributed by atoms with Crippen LogP contribution in [-0.2, 0) is 5.60 Å². The second kappa shape index (κ2) is 11.7. The van der Waals surface area contributed by atoms with E-state index in [0.717, 1.165) is 12.4 Å². The molecule has 3 aromatic rings. The summed E-state index contributed by atoms with van der Waals surface area (Å²) in [7, 11) is 6.92. The van der Waals surface area contributed by atoms with Crippen molar-refractivity contribution in [1.29, 1.82) is 0 Å². The molecule has 0 aliphatic carbocycles. The number of hydrogen-bond acceptors (Lipinski definition) is 11. The summed E-state index contributed by atoms with van der Waals surface area (Å²) in [5.74, 6) is 0.0779. The first kappa shape index (κ1) is 29.3. The van der Waals surface area contributed by atoms with Gasteiger partial charge in [0.1, 0.15) is 17.8 Å². The first-order chi connectivity index (χ1) is 18.2. The molecule has 15 heteroatoms. The first-order valence-electron chi connectivity index (χ1n) is 11.6. The summed E-state index contributed by atoms with van der Waals surface area (Å²) in [5.41, 5.74) is -3.30. The highest BCUT2D eigenvalue weighted by Gasteiger charge is 2.52. The van der Waals surface area contributed by atoms with E-state index in [-0.39, 0.29) is 34.7 Å². The molecule has 3 N–H and O–H groups in total. The number of aliphatic hydroxyl groups is 1. The number of alkyl halides is 3. The van der Waals surface area contributed by atoms with Crippen LogP contribution in [-0.4, -0.2) is 77.4 Å². The SMILES string of the molecule is COc1cc(N(C)CCN(C)C)c([N+](=O)[O-])cc1Nc1ncnc(Nc2ccccc2C(C)(O)C(F)(F)F)n1. The summed E-state index contributed by atoms with van der Waals surface area (Å²) in [6.07, 6.45) is -3.83. The van der Waals surface area contributed by atoms with E-state index in [4.69, 9.17) is 4.74 Å². The average molecular weight is 551 g/mol. The zero-order valence-electron chi connectivity index (χ0n) is 21.9. The zero-order valence-corrected chi connectivity index (χ0v) is 21.9. The van der Waals surface area contributed by atoms with Gasteiger partial charge in [0.15, 0.2) is 5.60 Å². The van der Waals surface area contributed by atoms with Crippen LogP contribution in [0, 0.1) is 10.1 Å². The molecule has 0 fully saturated rings. The zero-order chi connectivity index (χ0) is 29.0. The molecule has 0 saturated heterocycles. The molecule has 0 spiro atoms. The molecule has 0 aliphatic heterocycles. The van der Waals surface area contributed by atoms with Crippen molar-refractivity contribution in [3.63, 3.8) is 0 Å². The highest BCUT2D eigenvalue weighted by molar-refractivity contribution is 5.76. The van der Waals surface area contributed by atoms with Crippen molar-refractivity contribution in [2.75, 3.05) is 56.9 Å². The fraction of sp³-hybridized carbons (Fsp3) is 0.375. The van der Waals surface area contributed by atoms with E-state index in [1.807, 2.05) is 19.0 Å². The lowest BCUT2D eigenvalue weighted by atomic mass is 9.93. The van der Waals surface area contributed by atoms with E-state index in [9.17, 15) is 28.4 Å². The molecule has 0 amide bonds. The third kappa shape index (κ3) is 6.80. The molecule has 0 saturated carbocycles. The third-order valence-corrected chi connectivity index (χ3v) is 5.86. The van der Waals surface area contributed by atoms with E-state index in [1.54, 1.807) is 11.9 Å². The Labute approximate surface area is 222 Å². The number of nitro groups is 1. The number of ether oxygens (including phenoxy) is 1. The number of aromatic nitrogens is 3. The average Bonchev–Trinajstić information content (AvgIpc) is 2.86. The van der Waals surface area contributed by atoms with Gasteiger partial charge in [-0.15, -0.1) is 0 Å². The highest BCUT2D eigenvalue weighted by Crippen LogP contribution is 2.42. The van der Waals surface area contributed by atoms with Crippen LogP contribution >= 0.6 is 0 Å². The largest absolute Gasteiger partial charge is 0.494 e.